The highest BCUT2D eigenvalue weighted by Crippen LogP contribution is 2.27. The Morgan fingerprint density at radius 2 is 1.97 bits per heavy atom. The Labute approximate surface area is 171 Å². The summed E-state index contributed by atoms with van der Waals surface area (Å²) in [6.45, 7) is 1.19. The van der Waals surface area contributed by atoms with Crippen LogP contribution in [0.4, 0.5) is 5.69 Å². The highest BCUT2D eigenvalue weighted by atomic mass is 16.5. The zero-order chi connectivity index (χ0) is 20.6. The van der Waals surface area contributed by atoms with Gasteiger partial charge in [0.15, 0.2) is 11.5 Å². The van der Waals surface area contributed by atoms with E-state index in [0.29, 0.717) is 31.0 Å². The van der Waals surface area contributed by atoms with Gasteiger partial charge in [0.1, 0.15) is 6.10 Å². The van der Waals surface area contributed by atoms with Gasteiger partial charge in [0, 0.05) is 18.7 Å². The van der Waals surface area contributed by atoms with Gasteiger partial charge in [0.05, 0.1) is 26.9 Å². The summed E-state index contributed by atoms with van der Waals surface area (Å²) in [4.78, 5) is 12.1. The molecule has 0 saturated carbocycles. The van der Waals surface area contributed by atoms with Gasteiger partial charge >= 0.3 is 0 Å². The molecule has 1 amide bonds. The maximum absolute atomic E-state index is 12.1. The molecule has 7 nitrogen and oxygen atoms in total. The van der Waals surface area contributed by atoms with Crippen molar-refractivity contribution in [1.82, 2.24) is 5.32 Å². The van der Waals surface area contributed by atoms with Gasteiger partial charge in [-0.25, -0.2) is 0 Å². The number of methoxy groups -OCH3 is 2. The van der Waals surface area contributed by atoms with Crippen molar-refractivity contribution in [2.24, 2.45) is 0 Å². The molecule has 0 bridgehead atoms. The number of rotatable bonds is 10. The summed E-state index contributed by atoms with van der Waals surface area (Å²) in [5.74, 6) is 1.23. The molecule has 1 heterocycles. The van der Waals surface area contributed by atoms with Crippen molar-refractivity contribution >= 4 is 11.6 Å². The van der Waals surface area contributed by atoms with E-state index in [1.165, 1.54) is 0 Å². The fourth-order valence-corrected chi connectivity index (χ4v) is 3.28. The molecule has 1 aliphatic heterocycles. The molecular formula is C22H28N2O5. The van der Waals surface area contributed by atoms with Gasteiger partial charge in [-0.05, 0) is 42.3 Å². The molecule has 2 aromatic rings. The number of carbonyl (C=O) groups is 1. The molecule has 2 aromatic carbocycles. The van der Waals surface area contributed by atoms with E-state index in [9.17, 15) is 9.90 Å². The van der Waals surface area contributed by atoms with Crippen LogP contribution in [0.2, 0.25) is 0 Å². The van der Waals surface area contributed by atoms with Crippen molar-refractivity contribution in [3.05, 3.63) is 53.6 Å². The van der Waals surface area contributed by atoms with Crippen LogP contribution in [0.1, 0.15) is 11.1 Å². The Balaban J connectivity index is 1.37. The maximum atomic E-state index is 12.1. The summed E-state index contributed by atoms with van der Waals surface area (Å²) in [5, 5.41) is 16.2. The summed E-state index contributed by atoms with van der Waals surface area (Å²) < 4.78 is 16.2. The molecule has 2 unspecified atom stereocenters. The van der Waals surface area contributed by atoms with Crippen LogP contribution in [0.3, 0.4) is 0 Å². The molecule has 7 heteroatoms. The molecule has 29 heavy (non-hydrogen) atoms. The lowest BCUT2D eigenvalue weighted by molar-refractivity contribution is -0.129. The van der Waals surface area contributed by atoms with Gasteiger partial charge in [0.25, 0.3) is 5.91 Å². The quantitative estimate of drug-likeness (QED) is 0.527. The molecule has 3 rings (SSSR count). The topological polar surface area (TPSA) is 89.0 Å². The lowest BCUT2D eigenvalue weighted by atomic mass is 10.0. The van der Waals surface area contributed by atoms with E-state index in [4.69, 9.17) is 14.2 Å². The Hall–Kier alpha value is -2.61. The number of benzene rings is 2. The first-order valence-electron chi connectivity index (χ1n) is 9.70. The fraction of sp³-hybridized carbons (Fsp3) is 0.409. The average molecular weight is 400 g/mol. The molecular weight excluding hydrogens is 372 g/mol. The summed E-state index contributed by atoms with van der Waals surface area (Å²) in [6.07, 6.45) is 0.0358. The van der Waals surface area contributed by atoms with Gasteiger partial charge in [-0.1, -0.05) is 24.3 Å². The minimum absolute atomic E-state index is 0.101. The number of carbonyl (C=O) groups excluding carboxylic acids is 1. The molecule has 0 radical (unpaired) electrons. The minimum atomic E-state index is -0.689. The second-order valence-electron chi connectivity index (χ2n) is 6.97. The van der Waals surface area contributed by atoms with Gasteiger partial charge in [0.2, 0.25) is 0 Å². The van der Waals surface area contributed by atoms with E-state index in [0.717, 1.165) is 23.2 Å². The van der Waals surface area contributed by atoms with Crippen molar-refractivity contribution in [2.45, 2.75) is 25.0 Å². The van der Waals surface area contributed by atoms with Crippen molar-refractivity contribution in [3.63, 3.8) is 0 Å². The van der Waals surface area contributed by atoms with Crippen LogP contribution in [-0.2, 0) is 22.4 Å². The lowest BCUT2D eigenvalue weighted by Gasteiger charge is -2.25. The minimum Gasteiger partial charge on any atom is -0.493 e. The zero-order valence-electron chi connectivity index (χ0n) is 16.8. The standard InChI is InChI=1S/C22H28N2O5/c1-27-19-8-7-15(11-20(19)28-2)9-10-23-13-17(25)14-29-21-12-16-5-3-4-6-18(16)24-22(21)26/h3-8,11,17,21,23,25H,9-10,12-14H2,1-2H3,(H,24,26). The Morgan fingerprint density at radius 1 is 1.17 bits per heavy atom. The lowest BCUT2D eigenvalue weighted by Crippen LogP contribution is -2.40. The third kappa shape index (κ3) is 5.69. The van der Waals surface area contributed by atoms with Gasteiger partial charge in [-0.15, -0.1) is 0 Å². The monoisotopic (exact) mass is 400 g/mol. The van der Waals surface area contributed by atoms with E-state index in [2.05, 4.69) is 10.6 Å². The van der Waals surface area contributed by atoms with Crippen LogP contribution in [0.15, 0.2) is 42.5 Å². The van der Waals surface area contributed by atoms with Crippen LogP contribution < -0.4 is 20.1 Å². The summed E-state index contributed by atoms with van der Waals surface area (Å²) >= 11 is 0. The van der Waals surface area contributed by atoms with Crippen LogP contribution in [0, 0.1) is 0 Å². The highest BCUT2D eigenvalue weighted by molar-refractivity contribution is 5.97. The third-order valence-corrected chi connectivity index (χ3v) is 4.88. The first-order valence-corrected chi connectivity index (χ1v) is 9.70. The largest absolute Gasteiger partial charge is 0.493 e. The molecule has 2 atom stereocenters. The summed E-state index contributed by atoms with van der Waals surface area (Å²) in [7, 11) is 3.22. The molecule has 0 aliphatic carbocycles. The van der Waals surface area contributed by atoms with Crippen molar-refractivity contribution < 1.29 is 24.1 Å². The smallest absolute Gasteiger partial charge is 0.253 e. The van der Waals surface area contributed by atoms with E-state index in [1.807, 2.05) is 42.5 Å². The van der Waals surface area contributed by atoms with Crippen molar-refractivity contribution in [3.8, 4) is 11.5 Å². The molecule has 0 saturated heterocycles. The fourth-order valence-electron chi connectivity index (χ4n) is 3.28. The van der Waals surface area contributed by atoms with E-state index in [1.54, 1.807) is 14.2 Å². The van der Waals surface area contributed by atoms with E-state index >= 15 is 0 Å². The number of anilines is 1. The second kappa shape index (κ2) is 10.2. The van der Waals surface area contributed by atoms with Crippen LogP contribution in [0.5, 0.6) is 11.5 Å². The van der Waals surface area contributed by atoms with Gasteiger partial charge < -0.3 is 30.0 Å². The first-order chi connectivity index (χ1) is 14.1. The molecule has 0 spiro atoms. The Bertz CT molecular complexity index is 827. The summed E-state index contributed by atoms with van der Waals surface area (Å²) in [6, 6.07) is 13.5. The van der Waals surface area contributed by atoms with Gasteiger partial charge in [-0.3, -0.25) is 4.79 Å². The first kappa shape index (κ1) is 21.1. The Morgan fingerprint density at radius 3 is 2.76 bits per heavy atom. The van der Waals surface area contributed by atoms with Crippen molar-refractivity contribution in [1.29, 1.82) is 0 Å². The highest BCUT2D eigenvalue weighted by Gasteiger charge is 2.27. The third-order valence-electron chi connectivity index (χ3n) is 4.88. The molecule has 1 aliphatic rings. The number of para-hydroxylation sites is 1. The van der Waals surface area contributed by atoms with Crippen LogP contribution in [-0.4, -0.2) is 57.1 Å². The number of nitrogens with one attached hydrogen (secondary N) is 2. The number of hydrogen-bond donors (Lipinski definition) is 3. The zero-order valence-corrected chi connectivity index (χ0v) is 16.8. The van der Waals surface area contributed by atoms with E-state index < -0.39 is 12.2 Å². The van der Waals surface area contributed by atoms with Crippen molar-refractivity contribution in [2.75, 3.05) is 39.2 Å². The predicted octanol–water partition coefficient (Wildman–Crippen LogP) is 1.78. The number of hydrogen-bond acceptors (Lipinski definition) is 6. The molecule has 3 N–H and O–H groups in total. The Kier molecular flexibility index (Phi) is 7.46. The number of aliphatic hydroxyl groups is 1. The molecule has 0 fully saturated rings. The molecule has 156 valence electrons. The van der Waals surface area contributed by atoms with Crippen LogP contribution >= 0.6 is 0 Å². The second-order valence-corrected chi connectivity index (χ2v) is 6.97. The average Bonchev–Trinajstić information content (AvgIpc) is 2.75. The number of fused-ring (bicyclic) bond motifs is 1. The van der Waals surface area contributed by atoms with E-state index in [-0.39, 0.29) is 12.5 Å². The SMILES string of the molecule is COc1ccc(CCNCC(O)COC2Cc3ccccc3NC2=O)cc1OC. The number of aliphatic hydroxyl groups excluding tert-OH is 1. The van der Waals surface area contributed by atoms with Gasteiger partial charge in [-0.2, -0.15) is 0 Å². The maximum Gasteiger partial charge on any atom is 0.253 e. The predicted molar refractivity (Wildman–Crippen MR) is 111 cm³/mol. The summed E-state index contributed by atoms with van der Waals surface area (Å²) in [5.41, 5.74) is 2.98. The molecule has 0 aromatic heterocycles. The number of ether oxygens (including phenoxy) is 3. The van der Waals surface area contributed by atoms with Crippen LogP contribution in [0.25, 0.3) is 0 Å². The normalized spacial score (nSPS) is 16.7. The number of amides is 1.